The van der Waals surface area contributed by atoms with Crippen LogP contribution >= 0.6 is 11.8 Å². The zero-order valence-electron chi connectivity index (χ0n) is 18.4. The SMILES string of the molecule is C=C(C)/C=C\c1nnc(Sc2ccc3ncc(-c4cnn(C5CN(C)C5)c4)cc3c2)n1C. The van der Waals surface area contributed by atoms with Gasteiger partial charge >= 0.3 is 0 Å². The van der Waals surface area contributed by atoms with Crippen LogP contribution in [0.3, 0.4) is 0 Å². The van der Waals surface area contributed by atoms with Crippen LogP contribution in [0.25, 0.3) is 28.1 Å². The zero-order chi connectivity index (χ0) is 22.2. The van der Waals surface area contributed by atoms with Gasteiger partial charge in [0.1, 0.15) is 0 Å². The quantitative estimate of drug-likeness (QED) is 0.410. The highest BCUT2D eigenvalue weighted by molar-refractivity contribution is 7.99. The molecule has 5 rings (SSSR count). The largest absolute Gasteiger partial charge is 0.305 e. The number of benzene rings is 1. The van der Waals surface area contributed by atoms with Gasteiger partial charge in [-0.1, -0.05) is 18.2 Å². The average molecular weight is 444 g/mol. The summed E-state index contributed by atoms with van der Waals surface area (Å²) in [7, 11) is 4.10. The molecule has 162 valence electrons. The van der Waals surface area contributed by atoms with E-state index in [0.717, 1.165) is 56.6 Å². The summed E-state index contributed by atoms with van der Waals surface area (Å²) in [5.74, 6) is 0.801. The summed E-state index contributed by atoms with van der Waals surface area (Å²) in [4.78, 5) is 8.05. The lowest BCUT2D eigenvalue weighted by molar-refractivity contribution is 0.130. The number of fused-ring (bicyclic) bond motifs is 1. The van der Waals surface area contributed by atoms with Gasteiger partial charge in [-0.3, -0.25) is 9.67 Å². The highest BCUT2D eigenvalue weighted by Gasteiger charge is 2.25. The molecule has 1 saturated heterocycles. The molecule has 8 heteroatoms. The van der Waals surface area contributed by atoms with Gasteiger partial charge in [0.15, 0.2) is 11.0 Å². The van der Waals surface area contributed by atoms with Crippen LogP contribution in [-0.2, 0) is 7.05 Å². The molecule has 1 fully saturated rings. The number of nitrogens with zero attached hydrogens (tertiary/aromatic N) is 7. The molecule has 0 unspecified atom stereocenters. The minimum atomic E-state index is 0.465. The van der Waals surface area contributed by atoms with Gasteiger partial charge in [-0.25, -0.2) is 0 Å². The highest BCUT2D eigenvalue weighted by atomic mass is 32.2. The minimum Gasteiger partial charge on any atom is -0.305 e. The molecule has 4 heterocycles. The molecule has 0 bridgehead atoms. The lowest BCUT2D eigenvalue weighted by atomic mass is 10.1. The Morgan fingerprint density at radius 2 is 1.97 bits per heavy atom. The van der Waals surface area contributed by atoms with Crippen LogP contribution in [0.15, 0.2) is 71.1 Å². The number of aromatic nitrogens is 6. The van der Waals surface area contributed by atoms with Crippen molar-refractivity contribution in [3.8, 4) is 11.1 Å². The van der Waals surface area contributed by atoms with Gasteiger partial charge in [0.2, 0.25) is 0 Å². The molecule has 0 atom stereocenters. The molecular formula is C24H25N7S. The molecular weight excluding hydrogens is 418 g/mol. The molecule has 1 aromatic carbocycles. The Labute approximate surface area is 191 Å². The maximum atomic E-state index is 4.66. The first-order valence-electron chi connectivity index (χ1n) is 10.5. The molecule has 0 amide bonds. The molecule has 7 nitrogen and oxygen atoms in total. The van der Waals surface area contributed by atoms with Crippen molar-refractivity contribution < 1.29 is 0 Å². The van der Waals surface area contributed by atoms with E-state index in [1.807, 2.05) is 49.2 Å². The lowest BCUT2D eigenvalue weighted by Gasteiger charge is -2.36. The van der Waals surface area contributed by atoms with E-state index in [2.05, 4.69) is 67.9 Å². The van der Waals surface area contributed by atoms with Crippen LogP contribution in [0, 0.1) is 0 Å². The Balaban J connectivity index is 1.39. The molecule has 1 aliphatic rings. The van der Waals surface area contributed by atoms with E-state index in [-0.39, 0.29) is 0 Å². The van der Waals surface area contributed by atoms with Gasteiger partial charge in [0.05, 0.1) is 17.8 Å². The van der Waals surface area contributed by atoms with Crippen molar-refractivity contribution in [1.29, 1.82) is 0 Å². The smallest absolute Gasteiger partial charge is 0.196 e. The van der Waals surface area contributed by atoms with Crippen LogP contribution in [0.2, 0.25) is 0 Å². The molecule has 0 saturated carbocycles. The predicted molar refractivity (Wildman–Crippen MR) is 128 cm³/mol. The predicted octanol–water partition coefficient (Wildman–Crippen LogP) is 4.45. The molecule has 0 radical (unpaired) electrons. The fourth-order valence-electron chi connectivity index (χ4n) is 3.73. The molecule has 0 aliphatic carbocycles. The first kappa shape index (κ1) is 20.7. The van der Waals surface area contributed by atoms with Crippen LogP contribution in [-0.4, -0.2) is 54.6 Å². The third-order valence-corrected chi connectivity index (χ3v) is 6.63. The number of likely N-dealkylation sites (N-methyl/N-ethyl adjacent to an activating group) is 1. The second-order valence-corrected chi connectivity index (χ2v) is 9.38. The maximum Gasteiger partial charge on any atom is 0.196 e. The summed E-state index contributed by atoms with van der Waals surface area (Å²) in [6, 6.07) is 8.92. The van der Waals surface area contributed by atoms with Crippen LogP contribution in [0.4, 0.5) is 0 Å². The number of likely N-dealkylation sites (tertiary alicyclic amines) is 1. The fraction of sp³-hybridized carbons (Fsp3) is 0.250. The number of hydrogen-bond acceptors (Lipinski definition) is 6. The summed E-state index contributed by atoms with van der Waals surface area (Å²) >= 11 is 1.59. The summed E-state index contributed by atoms with van der Waals surface area (Å²) in [6.07, 6.45) is 9.84. The van der Waals surface area contributed by atoms with E-state index in [0.29, 0.717) is 6.04 Å². The molecule has 32 heavy (non-hydrogen) atoms. The first-order chi connectivity index (χ1) is 15.5. The van der Waals surface area contributed by atoms with E-state index in [4.69, 9.17) is 0 Å². The standard InChI is InChI=1S/C24H25N7S/c1-16(2)5-8-23-27-28-24(30(23)4)32-21-6-7-22-17(10-21)9-18(11-25-22)19-12-26-31(13-19)20-14-29(3)15-20/h5-13,20H,1,14-15H2,2-4H3/b8-5-. The van der Waals surface area contributed by atoms with Crippen LogP contribution in [0.5, 0.6) is 0 Å². The Morgan fingerprint density at radius 3 is 2.75 bits per heavy atom. The van der Waals surface area contributed by atoms with Gasteiger partial charge in [-0.05, 0) is 56.1 Å². The minimum absolute atomic E-state index is 0.465. The summed E-state index contributed by atoms with van der Waals surface area (Å²) in [6.45, 7) is 7.94. The Morgan fingerprint density at radius 1 is 1.12 bits per heavy atom. The molecule has 4 aromatic rings. The second-order valence-electron chi connectivity index (χ2n) is 8.34. The van der Waals surface area contributed by atoms with Crippen molar-refractivity contribution in [1.82, 2.24) is 34.4 Å². The normalized spacial score (nSPS) is 15.0. The zero-order valence-corrected chi connectivity index (χ0v) is 19.3. The number of pyridine rings is 1. The third-order valence-electron chi connectivity index (χ3n) is 5.60. The van der Waals surface area contributed by atoms with Crippen molar-refractivity contribution >= 4 is 28.7 Å². The van der Waals surface area contributed by atoms with E-state index >= 15 is 0 Å². The van der Waals surface area contributed by atoms with Crippen molar-refractivity contribution in [2.24, 2.45) is 7.05 Å². The van der Waals surface area contributed by atoms with Crippen molar-refractivity contribution in [2.45, 2.75) is 23.0 Å². The number of rotatable bonds is 6. The fourth-order valence-corrected chi connectivity index (χ4v) is 4.58. The van der Waals surface area contributed by atoms with E-state index < -0.39 is 0 Å². The van der Waals surface area contributed by atoms with Gasteiger partial charge < -0.3 is 9.47 Å². The van der Waals surface area contributed by atoms with Crippen LogP contribution < -0.4 is 0 Å². The molecule has 0 spiro atoms. The molecule has 1 aliphatic heterocycles. The van der Waals surface area contributed by atoms with Crippen molar-refractivity contribution in [3.63, 3.8) is 0 Å². The van der Waals surface area contributed by atoms with E-state index in [1.165, 1.54) is 0 Å². The lowest BCUT2D eigenvalue weighted by Crippen LogP contribution is -2.45. The van der Waals surface area contributed by atoms with Gasteiger partial charge in [0.25, 0.3) is 0 Å². The van der Waals surface area contributed by atoms with Crippen molar-refractivity contribution in [2.75, 3.05) is 20.1 Å². The monoisotopic (exact) mass is 443 g/mol. The average Bonchev–Trinajstić information content (AvgIpc) is 3.37. The van der Waals surface area contributed by atoms with Gasteiger partial charge in [-0.2, -0.15) is 5.10 Å². The first-order valence-corrected chi connectivity index (χ1v) is 11.3. The third kappa shape index (κ3) is 4.11. The molecule has 3 aromatic heterocycles. The van der Waals surface area contributed by atoms with E-state index in [1.54, 1.807) is 11.8 Å². The van der Waals surface area contributed by atoms with E-state index in [9.17, 15) is 0 Å². The number of allylic oxidation sites excluding steroid dienone is 2. The Kier molecular flexibility index (Phi) is 5.40. The summed E-state index contributed by atoms with van der Waals surface area (Å²) in [5.41, 5.74) is 4.11. The molecule has 0 N–H and O–H groups in total. The summed E-state index contributed by atoms with van der Waals surface area (Å²) in [5, 5.41) is 15.1. The van der Waals surface area contributed by atoms with Crippen molar-refractivity contribution in [3.05, 3.63) is 66.9 Å². The number of hydrogen-bond donors (Lipinski definition) is 0. The highest BCUT2D eigenvalue weighted by Crippen LogP contribution is 2.31. The summed E-state index contributed by atoms with van der Waals surface area (Å²) < 4.78 is 4.05. The van der Waals surface area contributed by atoms with Crippen LogP contribution in [0.1, 0.15) is 18.8 Å². The van der Waals surface area contributed by atoms with Gasteiger partial charge in [0, 0.05) is 53.9 Å². The van der Waals surface area contributed by atoms with Gasteiger partial charge in [-0.15, -0.1) is 10.2 Å². The maximum absolute atomic E-state index is 4.66. The second kappa shape index (κ2) is 8.37. The Hall–Kier alpha value is -3.23. The topological polar surface area (TPSA) is 64.7 Å². The Bertz CT molecular complexity index is 1330.